The van der Waals surface area contributed by atoms with Gasteiger partial charge in [0.15, 0.2) is 0 Å². The van der Waals surface area contributed by atoms with Crippen LogP contribution in [0, 0.1) is 12.8 Å². The summed E-state index contributed by atoms with van der Waals surface area (Å²) in [6, 6.07) is 5.19. The van der Waals surface area contributed by atoms with Crippen molar-refractivity contribution in [1.82, 2.24) is 5.32 Å². The molecule has 0 aliphatic carbocycles. The highest BCUT2D eigenvalue weighted by molar-refractivity contribution is 5.93. The lowest BCUT2D eigenvalue weighted by Gasteiger charge is -2.21. The van der Waals surface area contributed by atoms with E-state index in [1.54, 1.807) is 12.1 Å². The number of rotatable bonds is 2. The summed E-state index contributed by atoms with van der Waals surface area (Å²) in [4.78, 5) is 11.9. The van der Waals surface area contributed by atoms with E-state index in [0.29, 0.717) is 5.69 Å². The molecular weight excluding hydrogens is 216 g/mol. The van der Waals surface area contributed by atoms with Gasteiger partial charge in [0.05, 0.1) is 5.92 Å². The number of phenols is 1. The number of hydrogen-bond acceptors (Lipinski definition) is 3. The maximum atomic E-state index is 11.9. The number of anilines is 1. The Bertz CT molecular complexity index is 412. The Morgan fingerprint density at radius 2 is 2.35 bits per heavy atom. The molecule has 1 atom stereocenters. The minimum atomic E-state index is 0.0282. The molecule has 1 aromatic rings. The second-order valence-electron chi connectivity index (χ2n) is 4.53. The molecule has 0 bridgehead atoms. The highest BCUT2D eigenvalue weighted by Gasteiger charge is 2.20. The van der Waals surface area contributed by atoms with Crippen LogP contribution in [0.3, 0.4) is 0 Å². The summed E-state index contributed by atoms with van der Waals surface area (Å²) in [5, 5.41) is 15.6. The smallest absolute Gasteiger partial charge is 0.228 e. The molecule has 92 valence electrons. The van der Waals surface area contributed by atoms with Crippen molar-refractivity contribution in [3.05, 3.63) is 23.8 Å². The fraction of sp³-hybridized carbons (Fsp3) is 0.462. The molecule has 0 spiro atoms. The number of aryl methyl sites for hydroxylation is 1. The maximum Gasteiger partial charge on any atom is 0.228 e. The number of nitrogens with one attached hydrogen (secondary N) is 2. The van der Waals surface area contributed by atoms with Crippen LogP contribution in [-0.4, -0.2) is 24.1 Å². The van der Waals surface area contributed by atoms with Crippen LogP contribution in [0.4, 0.5) is 5.69 Å². The molecule has 17 heavy (non-hydrogen) atoms. The number of amides is 1. The first-order chi connectivity index (χ1) is 8.16. The van der Waals surface area contributed by atoms with Gasteiger partial charge < -0.3 is 15.7 Å². The van der Waals surface area contributed by atoms with Gasteiger partial charge in [-0.1, -0.05) is 6.07 Å². The summed E-state index contributed by atoms with van der Waals surface area (Å²) in [5.74, 6) is 0.275. The van der Waals surface area contributed by atoms with E-state index >= 15 is 0 Å². The van der Waals surface area contributed by atoms with Crippen molar-refractivity contribution in [3.63, 3.8) is 0 Å². The monoisotopic (exact) mass is 234 g/mol. The zero-order valence-corrected chi connectivity index (χ0v) is 9.99. The second kappa shape index (κ2) is 5.19. The standard InChI is InChI=1S/C13H18N2O2/c1-9-4-5-11(7-12(9)16)15-13(17)10-3-2-6-14-8-10/h4-5,7,10,14,16H,2-3,6,8H2,1H3,(H,15,17)/t10-/m1/s1. The summed E-state index contributed by atoms with van der Waals surface area (Å²) in [5.41, 5.74) is 1.46. The van der Waals surface area contributed by atoms with Gasteiger partial charge in [-0.05, 0) is 37.9 Å². The van der Waals surface area contributed by atoms with Crippen LogP contribution < -0.4 is 10.6 Å². The zero-order valence-electron chi connectivity index (χ0n) is 9.99. The summed E-state index contributed by atoms with van der Waals surface area (Å²) in [7, 11) is 0. The highest BCUT2D eigenvalue weighted by Crippen LogP contribution is 2.22. The normalized spacial score (nSPS) is 19.9. The van der Waals surface area contributed by atoms with Gasteiger partial charge in [0.25, 0.3) is 0 Å². The van der Waals surface area contributed by atoms with Crippen molar-refractivity contribution in [2.45, 2.75) is 19.8 Å². The van der Waals surface area contributed by atoms with E-state index in [2.05, 4.69) is 10.6 Å². The molecule has 0 saturated carbocycles. The predicted molar refractivity (Wildman–Crippen MR) is 67.1 cm³/mol. The lowest BCUT2D eigenvalue weighted by molar-refractivity contribution is -0.120. The van der Waals surface area contributed by atoms with Gasteiger partial charge in [0.1, 0.15) is 5.75 Å². The van der Waals surface area contributed by atoms with Crippen molar-refractivity contribution in [1.29, 1.82) is 0 Å². The van der Waals surface area contributed by atoms with Gasteiger partial charge >= 0.3 is 0 Å². The largest absolute Gasteiger partial charge is 0.508 e. The fourth-order valence-corrected chi connectivity index (χ4v) is 2.01. The van der Waals surface area contributed by atoms with Crippen LogP contribution in [0.1, 0.15) is 18.4 Å². The van der Waals surface area contributed by atoms with E-state index in [0.717, 1.165) is 31.5 Å². The molecule has 1 fully saturated rings. The van der Waals surface area contributed by atoms with E-state index < -0.39 is 0 Å². The summed E-state index contributed by atoms with van der Waals surface area (Å²) < 4.78 is 0. The number of piperidine rings is 1. The van der Waals surface area contributed by atoms with E-state index in [-0.39, 0.29) is 17.6 Å². The van der Waals surface area contributed by atoms with Crippen molar-refractivity contribution in [3.8, 4) is 5.75 Å². The molecule has 4 heteroatoms. The zero-order chi connectivity index (χ0) is 12.3. The summed E-state index contributed by atoms with van der Waals surface area (Å²) in [6.45, 7) is 3.56. The maximum absolute atomic E-state index is 11.9. The molecule has 4 nitrogen and oxygen atoms in total. The molecule has 0 aromatic heterocycles. The third-order valence-corrected chi connectivity index (χ3v) is 3.14. The Hall–Kier alpha value is -1.55. The minimum absolute atomic E-state index is 0.0282. The quantitative estimate of drug-likeness (QED) is 0.729. The van der Waals surface area contributed by atoms with Gasteiger partial charge in [-0.15, -0.1) is 0 Å². The average molecular weight is 234 g/mol. The van der Waals surface area contributed by atoms with Crippen LogP contribution in [-0.2, 0) is 4.79 Å². The Balaban J connectivity index is 1.99. The molecule has 1 heterocycles. The van der Waals surface area contributed by atoms with E-state index in [1.165, 1.54) is 0 Å². The van der Waals surface area contributed by atoms with Gasteiger partial charge in [-0.2, -0.15) is 0 Å². The number of aromatic hydroxyl groups is 1. The van der Waals surface area contributed by atoms with E-state index in [1.807, 2.05) is 13.0 Å². The van der Waals surface area contributed by atoms with Crippen molar-refractivity contribution in [2.24, 2.45) is 5.92 Å². The average Bonchev–Trinajstić information content (AvgIpc) is 2.35. The third-order valence-electron chi connectivity index (χ3n) is 3.14. The summed E-state index contributed by atoms with van der Waals surface area (Å²) in [6.07, 6.45) is 1.97. The lowest BCUT2D eigenvalue weighted by atomic mass is 9.99. The van der Waals surface area contributed by atoms with Gasteiger partial charge in [0, 0.05) is 18.3 Å². The molecule has 1 saturated heterocycles. The Morgan fingerprint density at radius 3 is 3.00 bits per heavy atom. The molecule has 1 aromatic carbocycles. The molecular formula is C13H18N2O2. The Labute approximate surface area is 101 Å². The first kappa shape index (κ1) is 11.9. The number of carbonyl (C=O) groups excluding carboxylic acids is 1. The Kier molecular flexibility index (Phi) is 3.64. The molecule has 0 radical (unpaired) electrons. The van der Waals surface area contributed by atoms with Crippen LogP contribution >= 0.6 is 0 Å². The second-order valence-corrected chi connectivity index (χ2v) is 4.53. The number of phenolic OH excluding ortho intramolecular Hbond substituents is 1. The van der Waals surface area contributed by atoms with Crippen molar-refractivity contribution < 1.29 is 9.90 Å². The molecule has 0 unspecified atom stereocenters. The molecule has 2 rings (SSSR count). The van der Waals surface area contributed by atoms with Gasteiger partial charge in [-0.25, -0.2) is 0 Å². The molecule has 1 amide bonds. The molecule has 1 aliphatic rings. The van der Waals surface area contributed by atoms with Crippen LogP contribution in [0.25, 0.3) is 0 Å². The fourth-order valence-electron chi connectivity index (χ4n) is 2.01. The highest BCUT2D eigenvalue weighted by atomic mass is 16.3. The van der Waals surface area contributed by atoms with Gasteiger partial charge in [-0.3, -0.25) is 4.79 Å². The van der Waals surface area contributed by atoms with Crippen LogP contribution in [0.5, 0.6) is 5.75 Å². The first-order valence-electron chi connectivity index (χ1n) is 5.98. The minimum Gasteiger partial charge on any atom is -0.508 e. The van der Waals surface area contributed by atoms with Crippen molar-refractivity contribution >= 4 is 11.6 Å². The number of hydrogen-bond donors (Lipinski definition) is 3. The topological polar surface area (TPSA) is 61.4 Å². The third kappa shape index (κ3) is 2.97. The van der Waals surface area contributed by atoms with Crippen LogP contribution in [0.2, 0.25) is 0 Å². The van der Waals surface area contributed by atoms with E-state index in [9.17, 15) is 9.90 Å². The Morgan fingerprint density at radius 1 is 1.53 bits per heavy atom. The van der Waals surface area contributed by atoms with E-state index in [4.69, 9.17) is 0 Å². The predicted octanol–water partition coefficient (Wildman–Crippen LogP) is 1.64. The number of carbonyl (C=O) groups is 1. The van der Waals surface area contributed by atoms with Crippen molar-refractivity contribution in [2.75, 3.05) is 18.4 Å². The number of benzene rings is 1. The molecule has 1 aliphatic heterocycles. The lowest BCUT2D eigenvalue weighted by Crippen LogP contribution is -2.37. The SMILES string of the molecule is Cc1ccc(NC(=O)[C@@H]2CCCNC2)cc1O. The summed E-state index contributed by atoms with van der Waals surface area (Å²) >= 11 is 0. The molecule has 3 N–H and O–H groups in total. The first-order valence-corrected chi connectivity index (χ1v) is 5.98. The van der Waals surface area contributed by atoms with Crippen LogP contribution in [0.15, 0.2) is 18.2 Å². The van der Waals surface area contributed by atoms with Gasteiger partial charge in [0.2, 0.25) is 5.91 Å².